The van der Waals surface area contributed by atoms with Crippen LogP contribution in [0.3, 0.4) is 0 Å². The second kappa shape index (κ2) is 8.65. The minimum absolute atomic E-state index is 0.329. The molecular formula is C18H20N6O3. The van der Waals surface area contributed by atoms with Crippen molar-refractivity contribution < 1.29 is 14.2 Å². The number of pyridine rings is 1. The fraction of sp³-hybridized carbons (Fsp3) is 0.222. The van der Waals surface area contributed by atoms with Gasteiger partial charge >= 0.3 is 0 Å². The molecule has 2 aromatic heterocycles. The van der Waals surface area contributed by atoms with E-state index in [4.69, 9.17) is 14.2 Å². The molecule has 9 heteroatoms. The standard InChI is InChI=1S/C18H20N6O3/c1-25-14-8-13(9-15(26-2)17(14)27-3)22-18-23-16(11-21-24-18)20-10-12-6-4-5-7-19-12/h4-9,11H,10H2,1-3H3,(H2,20,22,23,24). The third kappa shape index (κ3) is 4.51. The van der Waals surface area contributed by atoms with Crippen LogP contribution in [0.4, 0.5) is 17.5 Å². The second-order valence-electron chi connectivity index (χ2n) is 5.38. The van der Waals surface area contributed by atoms with Crippen LogP contribution in [-0.2, 0) is 6.54 Å². The summed E-state index contributed by atoms with van der Waals surface area (Å²) in [4.78, 5) is 8.66. The first-order valence-corrected chi connectivity index (χ1v) is 8.14. The Morgan fingerprint density at radius 2 is 1.78 bits per heavy atom. The van der Waals surface area contributed by atoms with E-state index in [2.05, 4.69) is 30.8 Å². The van der Waals surface area contributed by atoms with Gasteiger partial charge < -0.3 is 24.8 Å². The third-order valence-electron chi connectivity index (χ3n) is 3.66. The number of aromatic nitrogens is 4. The lowest BCUT2D eigenvalue weighted by Crippen LogP contribution is -2.06. The molecule has 0 spiro atoms. The maximum absolute atomic E-state index is 5.35. The molecule has 1 aromatic carbocycles. The van der Waals surface area contributed by atoms with Crippen LogP contribution in [0.1, 0.15) is 5.69 Å². The average Bonchev–Trinajstić information content (AvgIpc) is 2.72. The Kier molecular flexibility index (Phi) is 5.83. The van der Waals surface area contributed by atoms with E-state index in [0.717, 1.165) is 5.69 Å². The molecule has 0 saturated carbocycles. The molecule has 0 fully saturated rings. The Hall–Kier alpha value is -3.62. The number of rotatable bonds is 8. The van der Waals surface area contributed by atoms with Crippen LogP contribution < -0.4 is 24.8 Å². The van der Waals surface area contributed by atoms with Gasteiger partial charge in [0.1, 0.15) is 0 Å². The summed E-state index contributed by atoms with van der Waals surface area (Å²) in [5, 5.41) is 14.2. The van der Waals surface area contributed by atoms with Crippen molar-refractivity contribution in [1.29, 1.82) is 0 Å². The lowest BCUT2D eigenvalue weighted by atomic mass is 10.2. The molecule has 0 atom stereocenters. The highest BCUT2D eigenvalue weighted by molar-refractivity contribution is 5.65. The van der Waals surface area contributed by atoms with Gasteiger partial charge in [-0.3, -0.25) is 4.98 Å². The summed E-state index contributed by atoms with van der Waals surface area (Å²) < 4.78 is 16.0. The number of nitrogens with one attached hydrogen (secondary N) is 2. The zero-order valence-corrected chi connectivity index (χ0v) is 15.3. The molecule has 140 valence electrons. The monoisotopic (exact) mass is 368 g/mol. The fourth-order valence-electron chi connectivity index (χ4n) is 2.41. The number of hydrogen-bond acceptors (Lipinski definition) is 9. The van der Waals surface area contributed by atoms with E-state index in [1.54, 1.807) is 45.9 Å². The average molecular weight is 368 g/mol. The van der Waals surface area contributed by atoms with Crippen molar-refractivity contribution >= 4 is 17.5 Å². The van der Waals surface area contributed by atoms with E-state index in [1.807, 2.05) is 18.2 Å². The van der Waals surface area contributed by atoms with E-state index in [9.17, 15) is 0 Å². The van der Waals surface area contributed by atoms with E-state index < -0.39 is 0 Å². The van der Waals surface area contributed by atoms with Gasteiger partial charge in [0.05, 0.1) is 39.8 Å². The van der Waals surface area contributed by atoms with Crippen molar-refractivity contribution in [3.63, 3.8) is 0 Å². The molecule has 0 amide bonds. The smallest absolute Gasteiger partial charge is 0.249 e. The Labute approximate surface area is 156 Å². The number of hydrogen-bond donors (Lipinski definition) is 2. The minimum Gasteiger partial charge on any atom is -0.493 e. The van der Waals surface area contributed by atoms with Crippen LogP contribution in [0.5, 0.6) is 17.2 Å². The van der Waals surface area contributed by atoms with Crippen molar-refractivity contribution in [1.82, 2.24) is 20.2 Å². The van der Waals surface area contributed by atoms with Crippen molar-refractivity contribution in [2.24, 2.45) is 0 Å². The molecule has 0 aliphatic carbocycles. The van der Waals surface area contributed by atoms with Gasteiger partial charge in [-0.25, -0.2) is 0 Å². The predicted molar refractivity (Wildman–Crippen MR) is 101 cm³/mol. The molecule has 0 radical (unpaired) electrons. The highest BCUT2D eigenvalue weighted by Gasteiger charge is 2.14. The number of anilines is 3. The molecule has 0 bridgehead atoms. The van der Waals surface area contributed by atoms with E-state index in [0.29, 0.717) is 41.2 Å². The molecule has 27 heavy (non-hydrogen) atoms. The summed E-state index contributed by atoms with van der Waals surface area (Å²) in [6.45, 7) is 0.531. The Morgan fingerprint density at radius 1 is 1.00 bits per heavy atom. The summed E-state index contributed by atoms with van der Waals surface area (Å²) in [7, 11) is 4.67. The number of nitrogens with zero attached hydrogens (tertiary/aromatic N) is 4. The Morgan fingerprint density at radius 3 is 2.41 bits per heavy atom. The SMILES string of the molecule is COc1cc(Nc2nncc(NCc3ccccn3)n2)cc(OC)c1OC. The third-order valence-corrected chi connectivity index (χ3v) is 3.66. The van der Waals surface area contributed by atoms with E-state index in [-0.39, 0.29) is 0 Å². The normalized spacial score (nSPS) is 10.2. The molecule has 2 heterocycles. The minimum atomic E-state index is 0.329. The molecule has 0 aliphatic rings. The molecule has 2 N–H and O–H groups in total. The summed E-state index contributed by atoms with van der Waals surface area (Å²) >= 11 is 0. The van der Waals surface area contributed by atoms with Gasteiger partial charge in [-0.15, -0.1) is 5.10 Å². The second-order valence-corrected chi connectivity index (χ2v) is 5.38. The van der Waals surface area contributed by atoms with Gasteiger partial charge in [0.2, 0.25) is 11.7 Å². The van der Waals surface area contributed by atoms with Crippen molar-refractivity contribution in [2.45, 2.75) is 6.54 Å². The Balaban J connectivity index is 1.76. The number of benzene rings is 1. The lowest BCUT2D eigenvalue weighted by Gasteiger charge is -2.14. The Bertz CT molecular complexity index is 866. The van der Waals surface area contributed by atoms with Gasteiger partial charge in [0, 0.05) is 24.0 Å². The van der Waals surface area contributed by atoms with Crippen LogP contribution in [0.25, 0.3) is 0 Å². The quantitative estimate of drug-likeness (QED) is 0.621. The molecule has 0 unspecified atom stereocenters. The maximum atomic E-state index is 5.35. The highest BCUT2D eigenvalue weighted by atomic mass is 16.5. The molecule has 0 saturated heterocycles. The molecule has 0 aliphatic heterocycles. The van der Waals surface area contributed by atoms with Gasteiger partial charge in [0.15, 0.2) is 17.3 Å². The summed E-state index contributed by atoms with van der Waals surface area (Å²) in [5.74, 6) is 2.46. The van der Waals surface area contributed by atoms with Crippen molar-refractivity contribution in [2.75, 3.05) is 32.0 Å². The van der Waals surface area contributed by atoms with E-state index >= 15 is 0 Å². The van der Waals surface area contributed by atoms with Crippen LogP contribution in [0, 0.1) is 0 Å². The topological polar surface area (TPSA) is 103 Å². The number of ether oxygens (including phenoxy) is 3. The highest BCUT2D eigenvalue weighted by Crippen LogP contribution is 2.40. The first kappa shape index (κ1) is 18.2. The fourth-order valence-corrected chi connectivity index (χ4v) is 2.41. The van der Waals surface area contributed by atoms with Crippen LogP contribution in [0.2, 0.25) is 0 Å². The number of methoxy groups -OCH3 is 3. The van der Waals surface area contributed by atoms with Crippen molar-refractivity contribution in [3.05, 3.63) is 48.4 Å². The van der Waals surface area contributed by atoms with Crippen LogP contribution in [0.15, 0.2) is 42.7 Å². The zero-order valence-electron chi connectivity index (χ0n) is 15.3. The first-order valence-electron chi connectivity index (χ1n) is 8.14. The molecule has 9 nitrogen and oxygen atoms in total. The van der Waals surface area contributed by atoms with Crippen LogP contribution in [-0.4, -0.2) is 41.5 Å². The van der Waals surface area contributed by atoms with Gasteiger partial charge in [-0.05, 0) is 12.1 Å². The molecule has 3 rings (SSSR count). The lowest BCUT2D eigenvalue weighted by molar-refractivity contribution is 0.324. The summed E-state index contributed by atoms with van der Waals surface area (Å²) in [5.41, 5.74) is 1.57. The van der Waals surface area contributed by atoms with Crippen LogP contribution >= 0.6 is 0 Å². The predicted octanol–water partition coefficient (Wildman–Crippen LogP) is 2.65. The molecular weight excluding hydrogens is 348 g/mol. The zero-order chi connectivity index (χ0) is 19.1. The van der Waals surface area contributed by atoms with Gasteiger partial charge in [0.25, 0.3) is 0 Å². The maximum Gasteiger partial charge on any atom is 0.249 e. The van der Waals surface area contributed by atoms with Crippen molar-refractivity contribution in [3.8, 4) is 17.2 Å². The summed E-state index contributed by atoms with van der Waals surface area (Å²) in [6, 6.07) is 9.25. The van der Waals surface area contributed by atoms with E-state index in [1.165, 1.54) is 0 Å². The molecule has 3 aromatic rings. The first-order chi connectivity index (χ1) is 13.2. The largest absolute Gasteiger partial charge is 0.493 e. The van der Waals surface area contributed by atoms with Gasteiger partial charge in [-0.1, -0.05) is 6.07 Å². The van der Waals surface area contributed by atoms with Gasteiger partial charge in [-0.2, -0.15) is 10.1 Å². The summed E-state index contributed by atoms with van der Waals surface area (Å²) in [6.07, 6.45) is 3.29.